The Bertz CT molecular complexity index is 484. The van der Waals surface area contributed by atoms with Gasteiger partial charge in [0.2, 0.25) is 0 Å². The fourth-order valence-electron chi connectivity index (χ4n) is 1.28. The lowest BCUT2D eigenvalue weighted by Crippen LogP contribution is -1.84. The molecule has 0 amide bonds. The fraction of sp³-hybridized carbons (Fsp3) is 0.200. The van der Waals surface area contributed by atoms with Gasteiger partial charge in [-0.05, 0) is 30.7 Å². The number of nitrogens with zero attached hydrogens (tertiary/aromatic N) is 2. The quantitative estimate of drug-likeness (QED) is 0.755. The molecule has 1 aromatic heterocycles. The smallest absolute Gasteiger partial charge is 0.148 e. The van der Waals surface area contributed by atoms with Crippen LogP contribution in [0.15, 0.2) is 18.2 Å². The van der Waals surface area contributed by atoms with Crippen molar-refractivity contribution in [1.82, 2.24) is 10.2 Å². The number of alkyl halides is 1. The minimum Gasteiger partial charge on any atom is -0.207 e. The van der Waals surface area contributed by atoms with E-state index in [0.29, 0.717) is 5.88 Å². The van der Waals surface area contributed by atoms with Crippen molar-refractivity contribution >= 4 is 22.9 Å². The summed E-state index contributed by atoms with van der Waals surface area (Å²) >= 11 is 7.07. The van der Waals surface area contributed by atoms with Crippen LogP contribution >= 0.6 is 22.9 Å². The molecule has 2 nitrogen and oxygen atoms in total. The van der Waals surface area contributed by atoms with Crippen LogP contribution in [-0.2, 0) is 5.88 Å². The van der Waals surface area contributed by atoms with Crippen molar-refractivity contribution < 1.29 is 4.39 Å². The molecule has 0 N–H and O–H groups in total. The van der Waals surface area contributed by atoms with E-state index in [9.17, 15) is 4.39 Å². The summed E-state index contributed by atoms with van der Waals surface area (Å²) in [6.07, 6.45) is 0. The van der Waals surface area contributed by atoms with Crippen LogP contribution in [0.4, 0.5) is 4.39 Å². The molecule has 0 saturated carbocycles. The van der Waals surface area contributed by atoms with Gasteiger partial charge >= 0.3 is 0 Å². The van der Waals surface area contributed by atoms with E-state index in [2.05, 4.69) is 10.2 Å². The molecule has 15 heavy (non-hydrogen) atoms. The third kappa shape index (κ3) is 2.16. The summed E-state index contributed by atoms with van der Waals surface area (Å²) in [6.45, 7) is 1.85. The lowest BCUT2D eigenvalue weighted by molar-refractivity contribution is 0.627. The molecule has 0 aliphatic rings. The minimum absolute atomic E-state index is 0.238. The van der Waals surface area contributed by atoms with Crippen LogP contribution in [0, 0.1) is 12.7 Å². The molecule has 0 unspecified atom stereocenters. The van der Waals surface area contributed by atoms with E-state index in [1.807, 2.05) is 6.92 Å². The van der Waals surface area contributed by atoms with Crippen LogP contribution in [0.25, 0.3) is 10.6 Å². The van der Waals surface area contributed by atoms with E-state index in [0.717, 1.165) is 21.1 Å². The maximum absolute atomic E-state index is 12.9. The standard InChI is InChI=1S/C10H8ClFN2S/c1-6-4-7(12)2-3-8(6)10-14-13-9(5-11)15-10/h2-4H,5H2,1H3. The zero-order valence-corrected chi connectivity index (χ0v) is 9.57. The van der Waals surface area contributed by atoms with Crippen LogP contribution in [0.5, 0.6) is 0 Å². The van der Waals surface area contributed by atoms with Gasteiger partial charge in [-0.1, -0.05) is 11.3 Å². The first kappa shape index (κ1) is 10.5. The summed E-state index contributed by atoms with van der Waals surface area (Å²) in [5.41, 5.74) is 1.76. The fourth-order valence-corrected chi connectivity index (χ4v) is 2.28. The van der Waals surface area contributed by atoms with Crippen LogP contribution < -0.4 is 0 Å². The average molecular weight is 243 g/mol. The van der Waals surface area contributed by atoms with Gasteiger partial charge in [-0.2, -0.15) is 0 Å². The van der Waals surface area contributed by atoms with Crippen molar-refractivity contribution in [1.29, 1.82) is 0 Å². The zero-order chi connectivity index (χ0) is 10.8. The summed E-state index contributed by atoms with van der Waals surface area (Å²) in [6, 6.07) is 4.62. The Labute approximate surface area is 95.7 Å². The van der Waals surface area contributed by atoms with Crippen molar-refractivity contribution in [2.24, 2.45) is 0 Å². The number of aromatic nitrogens is 2. The Morgan fingerprint density at radius 1 is 1.40 bits per heavy atom. The van der Waals surface area contributed by atoms with E-state index >= 15 is 0 Å². The van der Waals surface area contributed by atoms with E-state index in [1.165, 1.54) is 23.5 Å². The number of aryl methyl sites for hydroxylation is 1. The Hall–Kier alpha value is -1.00. The molecule has 0 aliphatic heterocycles. The second kappa shape index (κ2) is 4.24. The first-order chi connectivity index (χ1) is 7.20. The molecule has 5 heteroatoms. The van der Waals surface area contributed by atoms with Crippen LogP contribution in [0.3, 0.4) is 0 Å². The van der Waals surface area contributed by atoms with Gasteiger partial charge in [-0.15, -0.1) is 21.8 Å². The number of hydrogen-bond donors (Lipinski definition) is 0. The molecule has 0 fully saturated rings. The van der Waals surface area contributed by atoms with Crippen molar-refractivity contribution in [2.75, 3.05) is 0 Å². The summed E-state index contributed by atoms with van der Waals surface area (Å²) in [5, 5.41) is 9.48. The zero-order valence-electron chi connectivity index (χ0n) is 8.00. The average Bonchev–Trinajstić information content (AvgIpc) is 2.66. The second-order valence-electron chi connectivity index (χ2n) is 3.09. The highest BCUT2D eigenvalue weighted by Crippen LogP contribution is 2.27. The first-order valence-corrected chi connectivity index (χ1v) is 5.70. The van der Waals surface area contributed by atoms with Crippen LogP contribution in [-0.4, -0.2) is 10.2 Å². The van der Waals surface area contributed by atoms with Gasteiger partial charge in [0.15, 0.2) is 0 Å². The third-order valence-electron chi connectivity index (χ3n) is 2.00. The van der Waals surface area contributed by atoms with Crippen molar-refractivity contribution in [3.8, 4) is 10.6 Å². The summed E-state index contributed by atoms with van der Waals surface area (Å²) in [7, 11) is 0. The Balaban J connectivity index is 2.44. The van der Waals surface area contributed by atoms with Crippen LogP contribution in [0.1, 0.15) is 10.6 Å². The van der Waals surface area contributed by atoms with Gasteiger partial charge in [0.1, 0.15) is 15.8 Å². The van der Waals surface area contributed by atoms with Gasteiger partial charge < -0.3 is 0 Å². The molecule has 2 rings (SSSR count). The molecular formula is C10H8ClFN2S. The number of rotatable bonds is 2. The highest BCUT2D eigenvalue weighted by molar-refractivity contribution is 7.14. The van der Waals surface area contributed by atoms with E-state index in [-0.39, 0.29) is 5.82 Å². The first-order valence-electron chi connectivity index (χ1n) is 4.35. The molecule has 0 saturated heterocycles. The highest BCUT2D eigenvalue weighted by atomic mass is 35.5. The maximum Gasteiger partial charge on any atom is 0.148 e. The topological polar surface area (TPSA) is 25.8 Å². The lowest BCUT2D eigenvalue weighted by atomic mass is 10.1. The van der Waals surface area contributed by atoms with Gasteiger partial charge in [0, 0.05) is 5.56 Å². The lowest BCUT2D eigenvalue weighted by Gasteiger charge is -2.00. The summed E-state index contributed by atoms with van der Waals surface area (Å²) < 4.78 is 12.9. The van der Waals surface area contributed by atoms with Gasteiger partial charge in [-0.25, -0.2) is 4.39 Å². The third-order valence-corrected chi connectivity index (χ3v) is 3.37. The van der Waals surface area contributed by atoms with Crippen molar-refractivity contribution in [3.05, 3.63) is 34.6 Å². The maximum atomic E-state index is 12.9. The number of benzene rings is 1. The highest BCUT2D eigenvalue weighted by Gasteiger charge is 2.08. The molecule has 78 valence electrons. The Morgan fingerprint density at radius 2 is 2.20 bits per heavy atom. The molecule has 0 spiro atoms. The molecular weight excluding hydrogens is 235 g/mol. The Kier molecular flexibility index (Phi) is 2.98. The molecule has 0 aliphatic carbocycles. The predicted octanol–water partition coefficient (Wildman–Crippen LogP) is 3.39. The monoisotopic (exact) mass is 242 g/mol. The molecule has 0 radical (unpaired) electrons. The number of halogens is 2. The molecule has 1 heterocycles. The van der Waals surface area contributed by atoms with Crippen LogP contribution in [0.2, 0.25) is 0 Å². The predicted molar refractivity (Wildman–Crippen MR) is 59.6 cm³/mol. The molecule has 0 bridgehead atoms. The Morgan fingerprint density at radius 3 is 2.80 bits per heavy atom. The SMILES string of the molecule is Cc1cc(F)ccc1-c1nnc(CCl)s1. The molecule has 0 atom stereocenters. The number of hydrogen-bond acceptors (Lipinski definition) is 3. The van der Waals surface area contributed by atoms with Gasteiger partial charge in [-0.3, -0.25) is 0 Å². The second-order valence-corrected chi connectivity index (χ2v) is 4.42. The normalized spacial score (nSPS) is 10.6. The molecule has 1 aromatic carbocycles. The molecule has 2 aromatic rings. The van der Waals surface area contributed by atoms with Crippen molar-refractivity contribution in [3.63, 3.8) is 0 Å². The minimum atomic E-state index is -0.238. The summed E-state index contributed by atoms with van der Waals surface area (Å²) in [4.78, 5) is 0. The summed E-state index contributed by atoms with van der Waals surface area (Å²) in [5.74, 6) is 0.121. The van der Waals surface area contributed by atoms with Gasteiger partial charge in [0.25, 0.3) is 0 Å². The largest absolute Gasteiger partial charge is 0.207 e. The van der Waals surface area contributed by atoms with E-state index in [4.69, 9.17) is 11.6 Å². The van der Waals surface area contributed by atoms with E-state index in [1.54, 1.807) is 6.07 Å². The van der Waals surface area contributed by atoms with Crippen molar-refractivity contribution in [2.45, 2.75) is 12.8 Å². The van der Waals surface area contributed by atoms with E-state index < -0.39 is 0 Å². The van der Waals surface area contributed by atoms with Gasteiger partial charge in [0.05, 0.1) is 5.88 Å².